The van der Waals surface area contributed by atoms with E-state index in [9.17, 15) is 8.42 Å². The van der Waals surface area contributed by atoms with E-state index in [2.05, 4.69) is 24.0 Å². The summed E-state index contributed by atoms with van der Waals surface area (Å²) in [7, 11) is 2.60. The van der Waals surface area contributed by atoms with Gasteiger partial charge in [0.05, 0.1) is 6.33 Å². The van der Waals surface area contributed by atoms with Crippen LogP contribution in [0.4, 0.5) is 0 Å². The van der Waals surface area contributed by atoms with E-state index in [4.69, 9.17) is 0 Å². The van der Waals surface area contributed by atoms with Crippen molar-refractivity contribution in [2.75, 3.05) is 27.2 Å². The molecule has 1 saturated heterocycles. The molecule has 2 fully saturated rings. The largest absolute Gasteiger partial charge is 0.339 e. The predicted molar refractivity (Wildman–Crippen MR) is 85.0 cm³/mol. The standard InChI is InChI=1S/C15H26N4O2S/c1-17(2)15(10-13-4-5-13)6-8-19(9-7-15)22(20,21)14-11-18(3)12-16-14/h11-13H,4-10H2,1-3H3. The maximum absolute atomic E-state index is 12.7. The Hall–Kier alpha value is -0.920. The van der Waals surface area contributed by atoms with Crippen molar-refractivity contribution in [2.24, 2.45) is 13.0 Å². The average Bonchev–Trinajstić information content (AvgIpc) is 3.16. The molecule has 0 unspecified atom stereocenters. The quantitative estimate of drug-likeness (QED) is 0.818. The lowest BCUT2D eigenvalue weighted by molar-refractivity contribution is 0.0696. The van der Waals surface area contributed by atoms with Gasteiger partial charge in [0.25, 0.3) is 10.0 Å². The highest BCUT2D eigenvalue weighted by atomic mass is 32.2. The molecule has 0 atom stereocenters. The molecule has 1 aromatic heterocycles. The van der Waals surface area contributed by atoms with Gasteiger partial charge in [0, 0.05) is 31.9 Å². The molecular weight excluding hydrogens is 300 g/mol. The second-order valence-corrected chi connectivity index (χ2v) is 8.93. The summed E-state index contributed by atoms with van der Waals surface area (Å²) in [5.74, 6) is 0.848. The first-order chi connectivity index (χ1) is 10.3. The highest BCUT2D eigenvalue weighted by Crippen LogP contribution is 2.43. The van der Waals surface area contributed by atoms with Gasteiger partial charge in [-0.15, -0.1) is 0 Å². The molecule has 6 nitrogen and oxygen atoms in total. The molecule has 0 amide bonds. The van der Waals surface area contributed by atoms with Crippen molar-refractivity contribution in [3.63, 3.8) is 0 Å². The van der Waals surface area contributed by atoms with Crippen LogP contribution in [-0.4, -0.2) is 59.9 Å². The Morgan fingerprint density at radius 3 is 2.41 bits per heavy atom. The SMILES string of the molecule is CN(C)C1(CC2CC2)CCN(S(=O)(=O)c2cn(C)cn2)CC1. The van der Waals surface area contributed by atoms with E-state index in [1.807, 2.05) is 0 Å². The fourth-order valence-electron chi connectivity index (χ4n) is 3.49. The number of piperidine rings is 1. The van der Waals surface area contributed by atoms with Crippen LogP contribution in [0.1, 0.15) is 32.1 Å². The Kier molecular flexibility index (Phi) is 4.07. The highest BCUT2D eigenvalue weighted by molar-refractivity contribution is 7.89. The van der Waals surface area contributed by atoms with Gasteiger partial charge in [0.15, 0.2) is 5.03 Å². The summed E-state index contributed by atoms with van der Waals surface area (Å²) in [6.07, 6.45) is 8.81. The van der Waals surface area contributed by atoms with Crippen molar-refractivity contribution >= 4 is 10.0 Å². The molecule has 7 heteroatoms. The third kappa shape index (κ3) is 2.94. The van der Waals surface area contributed by atoms with E-state index in [1.165, 1.54) is 25.6 Å². The normalized spacial score (nSPS) is 23.1. The first-order valence-corrected chi connectivity index (χ1v) is 9.43. The minimum absolute atomic E-state index is 0.162. The van der Waals surface area contributed by atoms with Gasteiger partial charge in [-0.25, -0.2) is 13.4 Å². The number of hydrogen-bond acceptors (Lipinski definition) is 4. The minimum Gasteiger partial charge on any atom is -0.339 e. The first kappa shape index (κ1) is 16.0. The lowest BCUT2D eigenvalue weighted by Crippen LogP contribution is -2.54. The van der Waals surface area contributed by atoms with Crippen LogP contribution < -0.4 is 0 Å². The van der Waals surface area contributed by atoms with E-state index in [-0.39, 0.29) is 10.6 Å². The van der Waals surface area contributed by atoms with Gasteiger partial charge in [-0.05, 0) is 39.3 Å². The number of hydrogen-bond donors (Lipinski definition) is 0. The Balaban J connectivity index is 1.72. The second-order valence-electron chi connectivity index (χ2n) is 7.05. The van der Waals surface area contributed by atoms with Crippen LogP contribution in [0.3, 0.4) is 0 Å². The Morgan fingerprint density at radius 2 is 1.95 bits per heavy atom. The number of imidazole rings is 1. The summed E-state index contributed by atoms with van der Waals surface area (Å²) in [4.78, 5) is 6.33. The summed E-state index contributed by atoms with van der Waals surface area (Å²) in [5.41, 5.74) is 0.164. The Bertz CT molecular complexity index is 626. The van der Waals surface area contributed by atoms with E-state index >= 15 is 0 Å². The number of rotatable bonds is 5. The van der Waals surface area contributed by atoms with Crippen molar-refractivity contribution in [3.8, 4) is 0 Å². The summed E-state index contributed by atoms with van der Waals surface area (Å²) in [6, 6.07) is 0. The number of nitrogens with zero attached hydrogens (tertiary/aromatic N) is 4. The van der Waals surface area contributed by atoms with Gasteiger partial charge in [-0.2, -0.15) is 4.31 Å². The van der Waals surface area contributed by atoms with E-state index < -0.39 is 10.0 Å². The molecule has 2 heterocycles. The lowest BCUT2D eigenvalue weighted by Gasteiger charge is -2.46. The summed E-state index contributed by atoms with van der Waals surface area (Å²) >= 11 is 0. The molecule has 124 valence electrons. The predicted octanol–water partition coefficient (Wildman–Crippen LogP) is 1.31. The Morgan fingerprint density at radius 1 is 1.32 bits per heavy atom. The monoisotopic (exact) mass is 326 g/mol. The first-order valence-electron chi connectivity index (χ1n) is 7.99. The third-order valence-corrected chi connectivity index (χ3v) is 7.04. The molecule has 0 N–H and O–H groups in total. The van der Waals surface area contributed by atoms with Crippen LogP contribution in [0.5, 0.6) is 0 Å². The van der Waals surface area contributed by atoms with Gasteiger partial charge in [-0.3, -0.25) is 0 Å². The molecule has 1 saturated carbocycles. The van der Waals surface area contributed by atoms with Crippen LogP contribution in [0.25, 0.3) is 0 Å². The van der Waals surface area contributed by atoms with Crippen molar-refractivity contribution in [1.82, 2.24) is 18.8 Å². The topological polar surface area (TPSA) is 58.4 Å². The number of aromatic nitrogens is 2. The molecular formula is C15H26N4O2S. The van der Waals surface area contributed by atoms with Gasteiger partial charge in [0.1, 0.15) is 0 Å². The average molecular weight is 326 g/mol. The molecule has 0 aromatic carbocycles. The summed E-state index contributed by atoms with van der Waals surface area (Å²) < 4.78 is 28.6. The molecule has 1 aromatic rings. The summed E-state index contributed by atoms with van der Waals surface area (Å²) in [5, 5.41) is 0.162. The minimum atomic E-state index is -3.45. The molecule has 1 aliphatic carbocycles. The molecule has 22 heavy (non-hydrogen) atoms. The zero-order valence-corrected chi connectivity index (χ0v) is 14.5. The zero-order valence-electron chi connectivity index (χ0n) is 13.7. The number of sulfonamides is 1. The van der Waals surface area contributed by atoms with Crippen LogP contribution in [0.15, 0.2) is 17.6 Å². The fourth-order valence-corrected chi connectivity index (χ4v) is 4.90. The van der Waals surface area contributed by atoms with Gasteiger partial charge in [0.2, 0.25) is 0 Å². The maximum atomic E-state index is 12.7. The molecule has 0 spiro atoms. The molecule has 1 aliphatic heterocycles. The molecule has 3 rings (SSSR count). The van der Waals surface area contributed by atoms with Crippen molar-refractivity contribution in [2.45, 2.75) is 42.7 Å². The van der Waals surface area contributed by atoms with Crippen LogP contribution in [-0.2, 0) is 17.1 Å². The maximum Gasteiger partial charge on any atom is 0.262 e. The lowest BCUT2D eigenvalue weighted by atomic mass is 9.82. The molecule has 2 aliphatic rings. The van der Waals surface area contributed by atoms with Gasteiger partial charge in [-0.1, -0.05) is 12.8 Å². The second kappa shape index (κ2) is 5.62. The summed E-state index contributed by atoms with van der Waals surface area (Å²) in [6.45, 7) is 1.17. The van der Waals surface area contributed by atoms with Gasteiger partial charge < -0.3 is 9.47 Å². The smallest absolute Gasteiger partial charge is 0.262 e. The van der Waals surface area contributed by atoms with Crippen LogP contribution in [0, 0.1) is 5.92 Å². The molecule has 0 radical (unpaired) electrons. The highest BCUT2D eigenvalue weighted by Gasteiger charge is 2.43. The Labute approximate surface area is 133 Å². The molecule has 0 bridgehead atoms. The van der Waals surface area contributed by atoms with Crippen molar-refractivity contribution in [1.29, 1.82) is 0 Å². The van der Waals surface area contributed by atoms with E-state index in [1.54, 1.807) is 22.1 Å². The van der Waals surface area contributed by atoms with Crippen molar-refractivity contribution < 1.29 is 8.42 Å². The van der Waals surface area contributed by atoms with E-state index in [0.717, 1.165) is 18.8 Å². The van der Waals surface area contributed by atoms with Crippen LogP contribution >= 0.6 is 0 Å². The third-order valence-electron chi connectivity index (χ3n) is 5.25. The van der Waals surface area contributed by atoms with Crippen molar-refractivity contribution in [3.05, 3.63) is 12.5 Å². The van der Waals surface area contributed by atoms with E-state index in [0.29, 0.717) is 13.1 Å². The zero-order chi connectivity index (χ0) is 16.0. The fraction of sp³-hybridized carbons (Fsp3) is 0.800. The van der Waals surface area contributed by atoms with Gasteiger partial charge >= 0.3 is 0 Å². The number of aryl methyl sites for hydroxylation is 1. The van der Waals surface area contributed by atoms with Crippen LogP contribution in [0.2, 0.25) is 0 Å².